The van der Waals surface area contributed by atoms with Crippen LogP contribution in [0.15, 0.2) is 18.2 Å². The van der Waals surface area contributed by atoms with Crippen LogP contribution in [-0.2, 0) is 4.74 Å². The van der Waals surface area contributed by atoms with Crippen LogP contribution in [0.1, 0.15) is 12.6 Å². The molecule has 1 saturated heterocycles. The zero-order valence-electron chi connectivity index (χ0n) is 13.0. The van der Waals surface area contributed by atoms with E-state index in [0.29, 0.717) is 19.7 Å². The van der Waals surface area contributed by atoms with E-state index in [9.17, 15) is 4.79 Å². The van der Waals surface area contributed by atoms with E-state index in [1.165, 1.54) is 0 Å². The van der Waals surface area contributed by atoms with Crippen molar-refractivity contribution in [3.05, 3.63) is 23.9 Å². The monoisotopic (exact) mass is 292 g/mol. The number of hydrogen-bond donors (Lipinski definition) is 1. The Hall–Kier alpha value is -1.82. The largest absolute Gasteiger partial charge is 0.383 e. The molecule has 1 aromatic rings. The molecule has 116 valence electrons. The highest BCUT2D eigenvalue weighted by atomic mass is 16.5. The fourth-order valence-electron chi connectivity index (χ4n) is 2.53. The van der Waals surface area contributed by atoms with Gasteiger partial charge in [-0.25, -0.2) is 9.78 Å². The summed E-state index contributed by atoms with van der Waals surface area (Å²) in [6.45, 7) is 7.45. The fraction of sp³-hybridized carbons (Fsp3) is 0.600. The zero-order valence-corrected chi connectivity index (χ0v) is 13.0. The first kappa shape index (κ1) is 15.6. The lowest BCUT2D eigenvalue weighted by Gasteiger charge is -2.40. The molecule has 1 fully saturated rings. The minimum Gasteiger partial charge on any atom is -0.383 e. The quantitative estimate of drug-likeness (QED) is 0.849. The van der Waals surface area contributed by atoms with Crippen LogP contribution >= 0.6 is 0 Å². The molecule has 1 aliphatic heterocycles. The van der Waals surface area contributed by atoms with Gasteiger partial charge in [0.1, 0.15) is 5.82 Å². The van der Waals surface area contributed by atoms with Gasteiger partial charge >= 0.3 is 6.03 Å². The van der Waals surface area contributed by atoms with Gasteiger partial charge in [0.25, 0.3) is 0 Å². The molecular weight excluding hydrogens is 268 g/mol. The SMILES string of the molecule is COCCNC(=O)N1CCN(c2cccc(C)n2)CC1C. The van der Waals surface area contributed by atoms with Gasteiger partial charge in [-0.15, -0.1) is 0 Å². The van der Waals surface area contributed by atoms with Crippen LogP contribution in [0.4, 0.5) is 10.6 Å². The number of methoxy groups -OCH3 is 1. The number of carbonyl (C=O) groups excluding carboxylic acids is 1. The molecule has 2 amide bonds. The summed E-state index contributed by atoms with van der Waals surface area (Å²) in [4.78, 5) is 20.8. The second-order valence-corrected chi connectivity index (χ2v) is 5.35. The molecule has 6 nitrogen and oxygen atoms in total. The third kappa shape index (κ3) is 4.07. The molecule has 0 radical (unpaired) electrons. The summed E-state index contributed by atoms with van der Waals surface area (Å²) in [5.74, 6) is 0.987. The molecule has 0 spiro atoms. The first-order valence-electron chi connectivity index (χ1n) is 7.34. The number of ether oxygens (including phenoxy) is 1. The molecule has 1 aliphatic rings. The number of hydrogen-bond acceptors (Lipinski definition) is 4. The third-order valence-corrected chi connectivity index (χ3v) is 3.67. The van der Waals surface area contributed by atoms with E-state index in [4.69, 9.17) is 4.74 Å². The van der Waals surface area contributed by atoms with Gasteiger partial charge in [0, 0.05) is 45.0 Å². The van der Waals surface area contributed by atoms with Crippen LogP contribution in [0.25, 0.3) is 0 Å². The second-order valence-electron chi connectivity index (χ2n) is 5.35. The molecule has 0 aromatic carbocycles. The topological polar surface area (TPSA) is 57.7 Å². The van der Waals surface area contributed by atoms with Crippen LogP contribution in [0.2, 0.25) is 0 Å². The van der Waals surface area contributed by atoms with E-state index in [1.807, 2.05) is 30.0 Å². The summed E-state index contributed by atoms with van der Waals surface area (Å²) >= 11 is 0. The number of urea groups is 1. The van der Waals surface area contributed by atoms with Crippen LogP contribution in [0.5, 0.6) is 0 Å². The van der Waals surface area contributed by atoms with Crippen LogP contribution < -0.4 is 10.2 Å². The van der Waals surface area contributed by atoms with Gasteiger partial charge in [-0.05, 0) is 26.0 Å². The van der Waals surface area contributed by atoms with Crippen molar-refractivity contribution in [1.29, 1.82) is 0 Å². The minimum atomic E-state index is -0.0172. The smallest absolute Gasteiger partial charge is 0.317 e. The summed E-state index contributed by atoms with van der Waals surface area (Å²) in [6.07, 6.45) is 0. The molecule has 1 atom stereocenters. The van der Waals surface area contributed by atoms with E-state index in [2.05, 4.69) is 22.1 Å². The molecule has 1 aromatic heterocycles. The number of pyridine rings is 1. The van der Waals surface area contributed by atoms with E-state index in [0.717, 1.165) is 24.6 Å². The van der Waals surface area contributed by atoms with Gasteiger partial charge in [-0.2, -0.15) is 0 Å². The maximum absolute atomic E-state index is 12.1. The second kappa shape index (κ2) is 7.26. The van der Waals surface area contributed by atoms with E-state index >= 15 is 0 Å². The summed E-state index contributed by atoms with van der Waals surface area (Å²) in [7, 11) is 1.63. The maximum atomic E-state index is 12.1. The number of rotatable bonds is 4. The molecule has 6 heteroatoms. The number of aryl methyl sites for hydroxylation is 1. The predicted octanol–water partition coefficient (Wildman–Crippen LogP) is 1.26. The zero-order chi connectivity index (χ0) is 15.2. The number of nitrogens with one attached hydrogen (secondary N) is 1. The lowest BCUT2D eigenvalue weighted by atomic mass is 10.2. The number of piperazine rings is 1. The maximum Gasteiger partial charge on any atom is 0.317 e. The minimum absolute atomic E-state index is 0.0172. The number of aromatic nitrogens is 1. The van der Waals surface area contributed by atoms with Crippen molar-refractivity contribution in [2.75, 3.05) is 44.8 Å². The van der Waals surface area contributed by atoms with Crippen LogP contribution in [0.3, 0.4) is 0 Å². The summed E-state index contributed by atoms with van der Waals surface area (Å²) in [5, 5.41) is 2.88. The van der Waals surface area contributed by atoms with Crippen molar-refractivity contribution in [1.82, 2.24) is 15.2 Å². The van der Waals surface area contributed by atoms with Gasteiger partial charge in [0.15, 0.2) is 0 Å². The number of amides is 2. The Morgan fingerprint density at radius 3 is 2.95 bits per heavy atom. The van der Waals surface area contributed by atoms with Gasteiger partial charge in [0.05, 0.1) is 6.61 Å². The molecule has 21 heavy (non-hydrogen) atoms. The standard InChI is InChI=1S/C15H24N4O2/c1-12-5-4-6-14(17-12)18-8-9-19(13(2)11-18)15(20)16-7-10-21-3/h4-6,13H,7-11H2,1-3H3,(H,16,20). The van der Waals surface area contributed by atoms with E-state index in [-0.39, 0.29) is 12.1 Å². The Morgan fingerprint density at radius 2 is 2.29 bits per heavy atom. The van der Waals surface area contributed by atoms with Crippen molar-refractivity contribution in [3.63, 3.8) is 0 Å². The molecular formula is C15H24N4O2. The highest BCUT2D eigenvalue weighted by Crippen LogP contribution is 2.17. The molecule has 0 saturated carbocycles. The molecule has 2 rings (SSSR count). The Kier molecular flexibility index (Phi) is 5.38. The fourth-order valence-corrected chi connectivity index (χ4v) is 2.53. The predicted molar refractivity (Wildman–Crippen MR) is 82.6 cm³/mol. The van der Waals surface area contributed by atoms with Crippen molar-refractivity contribution in [3.8, 4) is 0 Å². The highest BCUT2D eigenvalue weighted by Gasteiger charge is 2.27. The van der Waals surface area contributed by atoms with E-state index in [1.54, 1.807) is 7.11 Å². The van der Waals surface area contributed by atoms with Gasteiger partial charge < -0.3 is 19.9 Å². The summed E-state index contributed by atoms with van der Waals surface area (Å²) < 4.78 is 4.94. The molecule has 1 unspecified atom stereocenters. The average Bonchev–Trinajstić information content (AvgIpc) is 2.47. The Balaban J connectivity index is 1.91. The first-order chi connectivity index (χ1) is 10.1. The molecule has 1 N–H and O–H groups in total. The van der Waals surface area contributed by atoms with Crippen LogP contribution in [0, 0.1) is 6.92 Å². The van der Waals surface area contributed by atoms with E-state index < -0.39 is 0 Å². The van der Waals surface area contributed by atoms with Crippen molar-refractivity contribution in [2.45, 2.75) is 19.9 Å². The highest BCUT2D eigenvalue weighted by molar-refractivity contribution is 5.75. The van der Waals surface area contributed by atoms with Crippen LogP contribution in [-0.4, -0.2) is 61.9 Å². The normalized spacial score (nSPS) is 18.7. The lowest BCUT2D eigenvalue weighted by molar-refractivity contribution is 0.161. The number of anilines is 1. The first-order valence-corrected chi connectivity index (χ1v) is 7.34. The van der Waals surface area contributed by atoms with Crippen molar-refractivity contribution >= 4 is 11.8 Å². The Labute approximate surface area is 126 Å². The summed E-state index contributed by atoms with van der Waals surface area (Å²) in [5.41, 5.74) is 1.01. The molecule has 0 bridgehead atoms. The molecule has 0 aliphatic carbocycles. The Morgan fingerprint density at radius 1 is 1.48 bits per heavy atom. The van der Waals surface area contributed by atoms with Gasteiger partial charge in [-0.3, -0.25) is 0 Å². The van der Waals surface area contributed by atoms with Gasteiger partial charge in [0.2, 0.25) is 0 Å². The molecule has 2 heterocycles. The van der Waals surface area contributed by atoms with Crippen molar-refractivity contribution < 1.29 is 9.53 Å². The summed E-state index contributed by atoms with van der Waals surface area (Å²) in [6, 6.07) is 6.17. The number of carbonyl (C=O) groups is 1. The lowest BCUT2D eigenvalue weighted by Crippen LogP contribution is -2.57. The third-order valence-electron chi connectivity index (χ3n) is 3.67. The van der Waals surface area contributed by atoms with Gasteiger partial charge in [-0.1, -0.05) is 6.07 Å². The number of nitrogens with zero attached hydrogens (tertiary/aromatic N) is 3. The Bertz CT molecular complexity index is 480. The average molecular weight is 292 g/mol. The van der Waals surface area contributed by atoms with Crippen molar-refractivity contribution in [2.24, 2.45) is 0 Å².